The van der Waals surface area contributed by atoms with E-state index in [4.69, 9.17) is 9.88 Å². The standard InChI is InChI=1S/C23H25N3O6S2/c1-16-8-13-21(32-2)22(14-16)34(30,31)26-20(15-17-6-4-3-5-7-17)23(27)25-18-9-11-19(12-10-18)33(24,28)29/h3-14,20,26H,15H2,1-2H3,(H,25,27)(H2,24,28,29)/t20-/m1/s1. The summed E-state index contributed by atoms with van der Waals surface area (Å²) in [5.74, 6) is -0.474. The van der Waals surface area contributed by atoms with Crippen molar-refractivity contribution >= 4 is 31.6 Å². The second-order valence-corrected chi connectivity index (χ2v) is 10.8. The van der Waals surface area contributed by atoms with Crippen molar-refractivity contribution in [1.82, 2.24) is 4.72 Å². The molecule has 0 aliphatic carbocycles. The summed E-state index contributed by atoms with van der Waals surface area (Å²) >= 11 is 0. The Morgan fingerprint density at radius 2 is 1.62 bits per heavy atom. The quantitative estimate of drug-likeness (QED) is 0.408. The zero-order valence-corrected chi connectivity index (χ0v) is 20.2. The number of carbonyl (C=O) groups is 1. The summed E-state index contributed by atoms with van der Waals surface area (Å²) < 4.78 is 57.0. The van der Waals surface area contributed by atoms with Gasteiger partial charge in [-0.05, 0) is 60.9 Å². The lowest BCUT2D eigenvalue weighted by Crippen LogP contribution is -2.45. The molecule has 0 heterocycles. The number of hydrogen-bond acceptors (Lipinski definition) is 6. The molecule has 0 aromatic heterocycles. The van der Waals surface area contributed by atoms with Crippen LogP contribution in [-0.2, 0) is 31.3 Å². The van der Waals surface area contributed by atoms with Gasteiger partial charge in [0, 0.05) is 5.69 Å². The Balaban J connectivity index is 1.91. The first kappa shape index (κ1) is 25.4. The molecule has 9 nitrogen and oxygen atoms in total. The molecule has 3 aromatic carbocycles. The molecule has 0 aliphatic rings. The van der Waals surface area contributed by atoms with E-state index in [0.717, 1.165) is 5.56 Å². The predicted octanol–water partition coefficient (Wildman–Crippen LogP) is 2.18. The summed E-state index contributed by atoms with van der Waals surface area (Å²) in [6.45, 7) is 1.75. The minimum atomic E-state index is -4.14. The number of hydrogen-bond donors (Lipinski definition) is 3. The molecule has 3 rings (SSSR count). The van der Waals surface area contributed by atoms with E-state index in [-0.39, 0.29) is 27.6 Å². The third-order valence-corrected chi connectivity index (χ3v) is 7.38. The molecule has 11 heteroatoms. The molecule has 3 aromatic rings. The molecule has 0 spiro atoms. The average molecular weight is 504 g/mol. The zero-order valence-electron chi connectivity index (χ0n) is 18.6. The van der Waals surface area contributed by atoms with Crippen molar-refractivity contribution < 1.29 is 26.4 Å². The van der Waals surface area contributed by atoms with Gasteiger partial charge in [0.1, 0.15) is 16.7 Å². The molecule has 0 bridgehead atoms. The number of anilines is 1. The number of methoxy groups -OCH3 is 1. The number of carbonyl (C=O) groups excluding carboxylic acids is 1. The van der Waals surface area contributed by atoms with Gasteiger partial charge in [0.15, 0.2) is 0 Å². The summed E-state index contributed by atoms with van der Waals surface area (Å²) in [4.78, 5) is 12.9. The van der Waals surface area contributed by atoms with Crippen molar-refractivity contribution in [3.8, 4) is 5.75 Å². The number of primary sulfonamides is 1. The van der Waals surface area contributed by atoms with E-state index in [2.05, 4.69) is 10.0 Å². The molecule has 180 valence electrons. The van der Waals surface area contributed by atoms with Crippen LogP contribution in [0.3, 0.4) is 0 Å². The largest absolute Gasteiger partial charge is 0.495 e. The Hall–Kier alpha value is -3.25. The highest BCUT2D eigenvalue weighted by molar-refractivity contribution is 7.89. The summed E-state index contributed by atoms with van der Waals surface area (Å²) in [5, 5.41) is 7.72. The maximum atomic E-state index is 13.2. The molecule has 0 saturated heterocycles. The lowest BCUT2D eigenvalue weighted by Gasteiger charge is -2.20. The van der Waals surface area contributed by atoms with Crippen LogP contribution in [0.4, 0.5) is 5.69 Å². The van der Waals surface area contributed by atoms with Crippen LogP contribution in [-0.4, -0.2) is 35.9 Å². The van der Waals surface area contributed by atoms with Crippen molar-refractivity contribution in [3.63, 3.8) is 0 Å². The van der Waals surface area contributed by atoms with Gasteiger partial charge in [-0.3, -0.25) is 4.79 Å². The fraction of sp³-hybridized carbons (Fsp3) is 0.174. The lowest BCUT2D eigenvalue weighted by molar-refractivity contribution is -0.117. The van der Waals surface area contributed by atoms with Crippen LogP contribution < -0.4 is 19.9 Å². The van der Waals surface area contributed by atoms with Crippen LogP contribution in [0.15, 0.2) is 82.6 Å². The van der Waals surface area contributed by atoms with Crippen LogP contribution >= 0.6 is 0 Å². The highest BCUT2D eigenvalue weighted by atomic mass is 32.2. The third-order valence-electron chi connectivity index (χ3n) is 4.96. The minimum absolute atomic E-state index is 0.0787. The number of aryl methyl sites for hydroxylation is 1. The van der Waals surface area contributed by atoms with Gasteiger partial charge in [-0.15, -0.1) is 0 Å². The Labute approximate surface area is 199 Å². The van der Waals surface area contributed by atoms with Crippen LogP contribution in [0.5, 0.6) is 5.75 Å². The van der Waals surface area contributed by atoms with E-state index in [1.54, 1.807) is 43.3 Å². The van der Waals surface area contributed by atoms with Gasteiger partial charge < -0.3 is 10.1 Å². The van der Waals surface area contributed by atoms with Crippen molar-refractivity contribution in [3.05, 3.63) is 83.9 Å². The van der Waals surface area contributed by atoms with Gasteiger partial charge in [-0.25, -0.2) is 22.0 Å². The predicted molar refractivity (Wildman–Crippen MR) is 128 cm³/mol. The monoisotopic (exact) mass is 503 g/mol. The Bertz CT molecular complexity index is 1370. The Morgan fingerprint density at radius 1 is 0.971 bits per heavy atom. The first-order chi connectivity index (χ1) is 16.0. The SMILES string of the molecule is COc1ccc(C)cc1S(=O)(=O)N[C@H](Cc1ccccc1)C(=O)Nc1ccc(S(N)(=O)=O)cc1. The number of nitrogens with one attached hydrogen (secondary N) is 2. The molecule has 1 atom stereocenters. The molecule has 1 amide bonds. The molecule has 0 radical (unpaired) electrons. The topological polar surface area (TPSA) is 145 Å². The van der Waals surface area contributed by atoms with Crippen LogP contribution in [0.1, 0.15) is 11.1 Å². The van der Waals surface area contributed by atoms with Crippen molar-refractivity contribution in [2.45, 2.75) is 29.2 Å². The summed E-state index contributed by atoms with van der Waals surface area (Å²) in [7, 11) is -6.66. The van der Waals surface area contributed by atoms with E-state index in [9.17, 15) is 21.6 Å². The minimum Gasteiger partial charge on any atom is -0.495 e. The maximum Gasteiger partial charge on any atom is 0.245 e. The molecule has 0 aliphatic heterocycles. The number of benzene rings is 3. The second-order valence-electron chi connectivity index (χ2n) is 7.58. The fourth-order valence-corrected chi connectivity index (χ4v) is 5.20. The molecule has 34 heavy (non-hydrogen) atoms. The molecular formula is C23H25N3O6S2. The van der Waals surface area contributed by atoms with Crippen molar-refractivity contribution in [2.24, 2.45) is 5.14 Å². The maximum absolute atomic E-state index is 13.2. The van der Waals surface area contributed by atoms with Gasteiger partial charge in [0.2, 0.25) is 26.0 Å². The second kappa shape index (κ2) is 10.3. The van der Waals surface area contributed by atoms with Gasteiger partial charge >= 0.3 is 0 Å². The van der Waals surface area contributed by atoms with Crippen LogP contribution in [0.25, 0.3) is 0 Å². The Morgan fingerprint density at radius 3 is 2.21 bits per heavy atom. The molecule has 0 fully saturated rings. The number of nitrogens with two attached hydrogens (primary N) is 1. The lowest BCUT2D eigenvalue weighted by atomic mass is 10.1. The van der Waals surface area contributed by atoms with Gasteiger partial charge in [0.05, 0.1) is 12.0 Å². The Kier molecular flexibility index (Phi) is 7.72. The molecule has 0 saturated carbocycles. The van der Waals surface area contributed by atoms with Gasteiger partial charge in [0.25, 0.3) is 0 Å². The average Bonchev–Trinajstić information content (AvgIpc) is 2.79. The highest BCUT2D eigenvalue weighted by Gasteiger charge is 2.28. The van der Waals surface area contributed by atoms with Gasteiger partial charge in [-0.1, -0.05) is 36.4 Å². The van der Waals surface area contributed by atoms with Crippen LogP contribution in [0.2, 0.25) is 0 Å². The smallest absolute Gasteiger partial charge is 0.245 e. The van der Waals surface area contributed by atoms with E-state index in [1.807, 2.05) is 6.07 Å². The van der Waals surface area contributed by atoms with Gasteiger partial charge in [-0.2, -0.15) is 4.72 Å². The number of rotatable bonds is 9. The highest BCUT2D eigenvalue weighted by Crippen LogP contribution is 2.25. The normalized spacial score (nSPS) is 12.7. The molecular weight excluding hydrogens is 478 g/mol. The number of ether oxygens (including phenoxy) is 1. The van der Waals surface area contributed by atoms with Crippen molar-refractivity contribution in [1.29, 1.82) is 0 Å². The first-order valence-electron chi connectivity index (χ1n) is 10.1. The van der Waals surface area contributed by atoms with E-state index >= 15 is 0 Å². The van der Waals surface area contributed by atoms with E-state index in [0.29, 0.717) is 5.56 Å². The summed E-state index contributed by atoms with van der Waals surface area (Å²) in [6.07, 6.45) is 0.0787. The molecule has 0 unspecified atom stereocenters. The van der Waals surface area contributed by atoms with E-state index < -0.39 is 32.0 Å². The molecule has 4 N–H and O–H groups in total. The number of sulfonamides is 2. The van der Waals surface area contributed by atoms with Crippen LogP contribution in [0, 0.1) is 6.92 Å². The summed E-state index contributed by atoms with van der Waals surface area (Å²) in [5.41, 5.74) is 1.73. The number of amides is 1. The van der Waals surface area contributed by atoms with Crippen molar-refractivity contribution in [2.75, 3.05) is 12.4 Å². The zero-order chi connectivity index (χ0) is 24.9. The fourth-order valence-electron chi connectivity index (χ4n) is 3.24. The third kappa shape index (κ3) is 6.41. The summed E-state index contributed by atoms with van der Waals surface area (Å²) in [6, 6.07) is 17.7. The van der Waals surface area contributed by atoms with E-state index in [1.165, 1.54) is 37.4 Å². The first-order valence-corrected chi connectivity index (χ1v) is 13.2.